The van der Waals surface area contributed by atoms with E-state index in [1.165, 1.54) is 6.07 Å². The van der Waals surface area contributed by atoms with Crippen LogP contribution in [0, 0.1) is 17.1 Å². The average Bonchev–Trinajstić information content (AvgIpc) is 2.46. The van der Waals surface area contributed by atoms with Crippen molar-refractivity contribution in [3.05, 3.63) is 35.1 Å². The van der Waals surface area contributed by atoms with Gasteiger partial charge in [0, 0.05) is 38.2 Å². The second-order valence-electron chi connectivity index (χ2n) is 4.38. The molecule has 1 rings (SSSR count). The van der Waals surface area contributed by atoms with Crippen LogP contribution >= 0.6 is 0 Å². The molecule has 1 N–H and O–H groups in total. The van der Waals surface area contributed by atoms with Crippen LogP contribution in [0.1, 0.15) is 31.4 Å². The molecule has 5 heteroatoms. The molecule has 1 aromatic rings. The van der Waals surface area contributed by atoms with Gasteiger partial charge in [0.05, 0.1) is 5.56 Å². The van der Waals surface area contributed by atoms with Crippen LogP contribution in [0.2, 0.25) is 0 Å². The van der Waals surface area contributed by atoms with Crippen molar-refractivity contribution >= 4 is 5.91 Å². The Morgan fingerprint density at radius 1 is 1.40 bits per heavy atom. The third-order valence-corrected chi connectivity index (χ3v) is 3.15. The molecular weight excluding hydrogens is 257 g/mol. The van der Waals surface area contributed by atoms with Crippen LogP contribution < -0.4 is 5.32 Å². The number of rotatable bonds is 7. The Morgan fingerprint density at radius 3 is 2.70 bits per heavy atom. The zero-order valence-corrected chi connectivity index (χ0v) is 11.9. The summed E-state index contributed by atoms with van der Waals surface area (Å²) < 4.78 is 13.8. The summed E-state index contributed by atoms with van der Waals surface area (Å²) in [7, 11) is 0. The van der Waals surface area contributed by atoms with Gasteiger partial charge in [-0.1, -0.05) is 12.1 Å². The Balaban J connectivity index is 2.42. The number of carbonyl (C=O) groups is 1. The first-order valence-corrected chi connectivity index (χ1v) is 6.80. The highest BCUT2D eigenvalue weighted by Crippen LogP contribution is 2.11. The van der Waals surface area contributed by atoms with E-state index in [1.54, 1.807) is 17.0 Å². The minimum atomic E-state index is -0.488. The molecule has 0 atom stereocenters. The van der Waals surface area contributed by atoms with Crippen molar-refractivity contribution in [2.45, 2.75) is 26.8 Å². The second-order valence-corrected chi connectivity index (χ2v) is 4.38. The van der Waals surface area contributed by atoms with Crippen LogP contribution in [0.25, 0.3) is 0 Å². The third kappa shape index (κ3) is 4.32. The molecule has 0 aliphatic heterocycles. The Bertz CT molecular complexity index is 492. The highest BCUT2D eigenvalue weighted by atomic mass is 19.1. The van der Waals surface area contributed by atoms with Crippen LogP contribution in [0.3, 0.4) is 0 Å². The lowest BCUT2D eigenvalue weighted by Gasteiger charge is -2.18. The monoisotopic (exact) mass is 277 g/mol. The Kier molecular flexibility index (Phi) is 6.68. The molecule has 0 heterocycles. The lowest BCUT2D eigenvalue weighted by molar-refractivity contribution is -0.130. The summed E-state index contributed by atoms with van der Waals surface area (Å²) in [6.07, 6.45) is 0.390. The summed E-state index contributed by atoms with van der Waals surface area (Å²) in [6.45, 7) is 6.09. The summed E-state index contributed by atoms with van der Waals surface area (Å²) in [5.41, 5.74) is 0.489. The van der Waals surface area contributed by atoms with Crippen molar-refractivity contribution < 1.29 is 9.18 Å². The van der Waals surface area contributed by atoms with E-state index >= 15 is 0 Å². The molecule has 0 aromatic heterocycles. The maximum Gasteiger partial charge on any atom is 0.223 e. The summed E-state index contributed by atoms with van der Waals surface area (Å²) in [5.74, 6) is -0.397. The van der Waals surface area contributed by atoms with Gasteiger partial charge < -0.3 is 10.2 Å². The number of nitrogens with zero attached hydrogens (tertiary/aromatic N) is 2. The predicted octanol–water partition coefficient (Wildman–Crippen LogP) is 2.05. The fourth-order valence-corrected chi connectivity index (χ4v) is 1.96. The number of halogens is 1. The molecule has 0 unspecified atom stereocenters. The van der Waals surface area contributed by atoms with Crippen molar-refractivity contribution in [2.24, 2.45) is 0 Å². The number of amides is 1. The predicted molar refractivity (Wildman–Crippen MR) is 75.4 cm³/mol. The van der Waals surface area contributed by atoms with Gasteiger partial charge in [0.25, 0.3) is 0 Å². The SMILES string of the molecule is CCN(CC)C(=O)CCNCc1cccc(C#N)c1F. The first-order valence-electron chi connectivity index (χ1n) is 6.80. The van der Waals surface area contributed by atoms with Gasteiger partial charge in [-0.15, -0.1) is 0 Å². The van der Waals surface area contributed by atoms with Crippen molar-refractivity contribution in [3.8, 4) is 6.07 Å². The Hall–Kier alpha value is -1.93. The summed E-state index contributed by atoms with van der Waals surface area (Å²) in [4.78, 5) is 13.5. The van der Waals surface area contributed by atoms with Gasteiger partial charge in [-0.3, -0.25) is 4.79 Å². The van der Waals surface area contributed by atoms with E-state index in [-0.39, 0.29) is 11.5 Å². The molecule has 1 aromatic carbocycles. The van der Waals surface area contributed by atoms with Crippen molar-refractivity contribution in [1.82, 2.24) is 10.2 Å². The number of hydrogen-bond acceptors (Lipinski definition) is 3. The maximum absolute atomic E-state index is 13.8. The fourth-order valence-electron chi connectivity index (χ4n) is 1.96. The second kappa shape index (κ2) is 8.28. The Morgan fingerprint density at radius 2 is 2.10 bits per heavy atom. The van der Waals surface area contributed by atoms with E-state index in [0.29, 0.717) is 38.2 Å². The molecule has 20 heavy (non-hydrogen) atoms. The van der Waals surface area contributed by atoms with Crippen molar-refractivity contribution in [3.63, 3.8) is 0 Å². The van der Waals surface area contributed by atoms with E-state index in [1.807, 2.05) is 19.9 Å². The summed E-state index contributed by atoms with van der Waals surface area (Å²) >= 11 is 0. The zero-order valence-electron chi connectivity index (χ0n) is 11.9. The largest absolute Gasteiger partial charge is 0.343 e. The third-order valence-electron chi connectivity index (χ3n) is 3.15. The molecule has 1 amide bonds. The smallest absolute Gasteiger partial charge is 0.223 e. The minimum absolute atomic E-state index is 0.0449. The lowest BCUT2D eigenvalue weighted by Crippen LogP contribution is -2.32. The molecule has 0 aliphatic carbocycles. The number of hydrogen-bond donors (Lipinski definition) is 1. The molecule has 0 saturated heterocycles. The van der Waals surface area contributed by atoms with Crippen molar-refractivity contribution in [1.29, 1.82) is 5.26 Å². The van der Waals surface area contributed by atoms with Crippen LogP contribution in [0.15, 0.2) is 18.2 Å². The molecule has 4 nitrogen and oxygen atoms in total. The van der Waals surface area contributed by atoms with E-state index in [9.17, 15) is 9.18 Å². The number of nitriles is 1. The summed E-state index contributed by atoms with van der Waals surface area (Å²) in [6, 6.07) is 6.54. The number of carbonyl (C=O) groups excluding carboxylic acids is 1. The normalized spacial score (nSPS) is 10.1. The van der Waals surface area contributed by atoms with Gasteiger partial charge in [-0.05, 0) is 19.9 Å². The highest BCUT2D eigenvalue weighted by molar-refractivity contribution is 5.76. The molecule has 0 bridgehead atoms. The van der Waals surface area contributed by atoms with Gasteiger partial charge >= 0.3 is 0 Å². The highest BCUT2D eigenvalue weighted by Gasteiger charge is 2.10. The van der Waals surface area contributed by atoms with Crippen LogP contribution in [-0.4, -0.2) is 30.4 Å². The molecule has 0 spiro atoms. The first-order chi connectivity index (χ1) is 9.63. The van der Waals surface area contributed by atoms with E-state index in [2.05, 4.69) is 5.32 Å². The van der Waals surface area contributed by atoms with Crippen LogP contribution in [-0.2, 0) is 11.3 Å². The maximum atomic E-state index is 13.8. The zero-order chi connectivity index (χ0) is 15.0. The quantitative estimate of drug-likeness (QED) is 0.776. The van der Waals surface area contributed by atoms with Crippen LogP contribution in [0.4, 0.5) is 4.39 Å². The first kappa shape index (κ1) is 16.1. The molecule has 108 valence electrons. The number of benzene rings is 1. The minimum Gasteiger partial charge on any atom is -0.343 e. The number of nitrogens with one attached hydrogen (secondary N) is 1. The van der Waals surface area contributed by atoms with Gasteiger partial charge in [0.1, 0.15) is 11.9 Å². The van der Waals surface area contributed by atoms with Gasteiger partial charge in [0.15, 0.2) is 0 Å². The standard InChI is InChI=1S/C15H20FN3O/c1-3-19(4-2)14(20)8-9-18-11-13-7-5-6-12(10-17)15(13)16/h5-7,18H,3-4,8-9,11H2,1-2H3. The molecule has 0 fully saturated rings. The topological polar surface area (TPSA) is 56.1 Å². The van der Waals surface area contributed by atoms with Crippen LogP contribution in [0.5, 0.6) is 0 Å². The van der Waals surface area contributed by atoms with Crippen molar-refractivity contribution in [2.75, 3.05) is 19.6 Å². The fraction of sp³-hybridized carbons (Fsp3) is 0.467. The molecule has 0 radical (unpaired) electrons. The molecule has 0 saturated carbocycles. The van der Waals surface area contributed by atoms with E-state index < -0.39 is 5.82 Å². The average molecular weight is 277 g/mol. The van der Waals surface area contributed by atoms with Gasteiger partial charge in [0.2, 0.25) is 5.91 Å². The molecule has 0 aliphatic rings. The molecular formula is C15H20FN3O. The van der Waals surface area contributed by atoms with Gasteiger partial charge in [-0.25, -0.2) is 4.39 Å². The van der Waals surface area contributed by atoms with E-state index in [0.717, 1.165) is 0 Å². The van der Waals surface area contributed by atoms with Gasteiger partial charge in [-0.2, -0.15) is 5.26 Å². The summed E-state index contributed by atoms with van der Waals surface area (Å²) in [5, 5.41) is 11.8. The lowest BCUT2D eigenvalue weighted by atomic mass is 10.1. The Labute approximate surface area is 119 Å². The van der Waals surface area contributed by atoms with E-state index in [4.69, 9.17) is 5.26 Å².